The van der Waals surface area contributed by atoms with Gasteiger partial charge in [-0.15, -0.1) is 0 Å². The molecule has 0 radical (unpaired) electrons. The van der Waals surface area contributed by atoms with E-state index in [4.69, 9.17) is 16.2 Å². The van der Waals surface area contributed by atoms with E-state index in [1.165, 1.54) is 0 Å². The lowest BCUT2D eigenvalue weighted by Crippen LogP contribution is -2.57. The molecule has 2 unspecified atom stereocenters. The van der Waals surface area contributed by atoms with Gasteiger partial charge in [0.1, 0.15) is 6.04 Å². The fourth-order valence-corrected chi connectivity index (χ4v) is 1.27. The quantitative estimate of drug-likeness (QED) is 0.512. The lowest BCUT2D eigenvalue weighted by atomic mass is 10.1. The Labute approximate surface area is 71.6 Å². The molecule has 0 aromatic heterocycles. The van der Waals surface area contributed by atoms with Gasteiger partial charge in [0, 0.05) is 6.54 Å². The van der Waals surface area contributed by atoms with Gasteiger partial charge in [-0.05, 0) is 7.05 Å². The molecule has 0 aromatic carbocycles. The van der Waals surface area contributed by atoms with E-state index in [0.29, 0.717) is 13.2 Å². The molecule has 0 aliphatic carbocycles. The average Bonchev–Trinajstić information content (AvgIpc) is 2.04. The van der Waals surface area contributed by atoms with Crippen LogP contribution in [0.4, 0.5) is 0 Å². The van der Waals surface area contributed by atoms with Crippen molar-refractivity contribution in [3.8, 4) is 0 Å². The third-order valence-electron chi connectivity index (χ3n) is 2.19. The highest BCUT2D eigenvalue weighted by Gasteiger charge is 2.28. The maximum atomic E-state index is 10.8. The summed E-state index contributed by atoms with van der Waals surface area (Å²) in [5.41, 5.74) is 10.7. The lowest BCUT2D eigenvalue weighted by Gasteiger charge is -2.34. The van der Waals surface area contributed by atoms with Gasteiger partial charge in [0.15, 0.2) is 0 Å². The van der Waals surface area contributed by atoms with Crippen LogP contribution >= 0.6 is 0 Å². The highest BCUT2D eigenvalue weighted by Crippen LogP contribution is 2.06. The minimum Gasteiger partial charge on any atom is -0.378 e. The standard InChI is InChI=1S/C7H15N3O2/c1-10-2-3-12-4-5(10)6(8)7(9)11/h5-6H,2-4,8H2,1H3,(H2,9,11). The fraction of sp³-hybridized carbons (Fsp3) is 0.857. The Bertz CT molecular complexity index is 174. The maximum absolute atomic E-state index is 10.8. The van der Waals surface area contributed by atoms with Crippen LogP contribution in [-0.2, 0) is 9.53 Å². The summed E-state index contributed by atoms with van der Waals surface area (Å²) in [7, 11) is 1.91. The Kier molecular flexibility index (Phi) is 3.02. The third kappa shape index (κ3) is 1.94. The van der Waals surface area contributed by atoms with E-state index >= 15 is 0 Å². The van der Waals surface area contributed by atoms with Crippen LogP contribution in [0.2, 0.25) is 0 Å². The number of nitrogens with two attached hydrogens (primary N) is 2. The van der Waals surface area contributed by atoms with Crippen molar-refractivity contribution in [2.75, 3.05) is 26.8 Å². The number of carbonyl (C=O) groups excluding carboxylic acids is 1. The fourth-order valence-electron chi connectivity index (χ4n) is 1.27. The zero-order valence-corrected chi connectivity index (χ0v) is 7.19. The Hall–Kier alpha value is -0.650. The van der Waals surface area contributed by atoms with Gasteiger partial charge in [0.25, 0.3) is 0 Å². The molecule has 70 valence electrons. The van der Waals surface area contributed by atoms with Crippen molar-refractivity contribution < 1.29 is 9.53 Å². The number of likely N-dealkylation sites (N-methyl/N-ethyl adjacent to an activating group) is 1. The van der Waals surface area contributed by atoms with Gasteiger partial charge in [0.2, 0.25) is 5.91 Å². The van der Waals surface area contributed by atoms with Gasteiger partial charge in [-0.25, -0.2) is 0 Å². The normalized spacial score (nSPS) is 28.3. The Morgan fingerprint density at radius 2 is 2.42 bits per heavy atom. The molecule has 1 rings (SSSR count). The maximum Gasteiger partial charge on any atom is 0.236 e. The first kappa shape index (κ1) is 9.44. The number of carbonyl (C=O) groups is 1. The van der Waals surface area contributed by atoms with Gasteiger partial charge in [0.05, 0.1) is 19.3 Å². The molecule has 1 aliphatic heterocycles. The van der Waals surface area contributed by atoms with E-state index in [9.17, 15) is 4.79 Å². The molecule has 1 fully saturated rings. The van der Waals surface area contributed by atoms with Gasteiger partial charge in [-0.1, -0.05) is 0 Å². The van der Waals surface area contributed by atoms with Crippen LogP contribution in [0.1, 0.15) is 0 Å². The largest absolute Gasteiger partial charge is 0.378 e. The minimum absolute atomic E-state index is 0.0729. The number of hydrogen-bond acceptors (Lipinski definition) is 4. The second-order valence-corrected chi connectivity index (χ2v) is 3.05. The van der Waals surface area contributed by atoms with Crippen molar-refractivity contribution >= 4 is 5.91 Å². The summed E-state index contributed by atoms with van der Waals surface area (Å²) in [6, 6.07) is -0.702. The molecule has 0 bridgehead atoms. The van der Waals surface area contributed by atoms with Crippen molar-refractivity contribution in [1.82, 2.24) is 4.90 Å². The summed E-state index contributed by atoms with van der Waals surface area (Å²) in [6.07, 6.45) is 0. The van der Waals surface area contributed by atoms with Crippen LogP contribution in [0, 0.1) is 0 Å². The molecule has 0 aromatic rings. The highest BCUT2D eigenvalue weighted by atomic mass is 16.5. The molecule has 1 amide bonds. The van der Waals surface area contributed by atoms with E-state index in [1.54, 1.807) is 0 Å². The molecular weight excluding hydrogens is 158 g/mol. The second-order valence-electron chi connectivity index (χ2n) is 3.05. The van der Waals surface area contributed by atoms with Crippen LogP contribution in [0.5, 0.6) is 0 Å². The molecule has 0 spiro atoms. The van der Waals surface area contributed by atoms with Gasteiger partial charge in [-0.3, -0.25) is 9.69 Å². The first-order valence-electron chi connectivity index (χ1n) is 3.96. The van der Waals surface area contributed by atoms with E-state index < -0.39 is 11.9 Å². The Morgan fingerprint density at radius 3 is 2.92 bits per heavy atom. The molecule has 1 heterocycles. The molecule has 0 saturated carbocycles. The topological polar surface area (TPSA) is 81.6 Å². The Morgan fingerprint density at radius 1 is 1.75 bits per heavy atom. The summed E-state index contributed by atoms with van der Waals surface area (Å²) >= 11 is 0. The zero-order valence-electron chi connectivity index (χ0n) is 7.19. The van der Waals surface area contributed by atoms with Crippen molar-refractivity contribution in [1.29, 1.82) is 0 Å². The SMILES string of the molecule is CN1CCOCC1C(N)C(N)=O. The molecule has 5 heteroatoms. The number of nitrogens with zero attached hydrogens (tertiary/aromatic N) is 1. The summed E-state index contributed by atoms with van der Waals surface area (Å²) in [4.78, 5) is 12.8. The first-order valence-corrected chi connectivity index (χ1v) is 3.96. The summed E-state index contributed by atoms with van der Waals surface area (Å²) in [6.45, 7) is 1.98. The van der Waals surface area contributed by atoms with Gasteiger partial charge < -0.3 is 16.2 Å². The Balaban J connectivity index is 2.53. The number of hydrogen-bond donors (Lipinski definition) is 2. The van der Waals surface area contributed by atoms with Crippen molar-refractivity contribution in [2.45, 2.75) is 12.1 Å². The second kappa shape index (κ2) is 3.84. The average molecular weight is 173 g/mol. The summed E-state index contributed by atoms with van der Waals surface area (Å²) in [5, 5.41) is 0. The molecule has 1 aliphatic rings. The monoisotopic (exact) mass is 173 g/mol. The highest BCUT2D eigenvalue weighted by molar-refractivity contribution is 5.80. The van der Waals surface area contributed by atoms with Crippen LogP contribution in [0.25, 0.3) is 0 Å². The predicted octanol–water partition coefficient (Wildman–Crippen LogP) is -1.87. The molecule has 2 atom stereocenters. The van der Waals surface area contributed by atoms with E-state index in [2.05, 4.69) is 0 Å². The first-order chi connectivity index (χ1) is 5.63. The molecular formula is C7H15N3O2. The number of rotatable bonds is 2. The summed E-state index contributed by atoms with van der Waals surface area (Å²) < 4.78 is 5.19. The van der Waals surface area contributed by atoms with E-state index in [0.717, 1.165) is 6.54 Å². The van der Waals surface area contributed by atoms with Crippen LogP contribution in [0.15, 0.2) is 0 Å². The number of primary amides is 1. The predicted molar refractivity (Wildman–Crippen MR) is 44.4 cm³/mol. The van der Waals surface area contributed by atoms with Crippen LogP contribution < -0.4 is 11.5 Å². The molecule has 5 nitrogen and oxygen atoms in total. The number of morpholine rings is 1. The lowest BCUT2D eigenvalue weighted by molar-refractivity contribution is -0.122. The van der Waals surface area contributed by atoms with E-state index in [-0.39, 0.29) is 6.04 Å². The van der Waals surface area contributed by atoms with E-state index in [1.807, 2.05) is 11.9 Å². The smallest absolute Gasteiger partial charge is 0.236 e. The van der Waals surface area contributed by atoms with Crippen LogP contribution in [0.3, 0.4) is 0 Å². The van der Waals surface area contributed by atoms with Crippen molar-refractivity contribution in [2.24, 2.45) is 11.5 Å². The van der Waals surface area contributed by atoms with Crippen molar-refractivity contribution in [3.05, 3.63) is 0 Å². The number of ether oxygens (including phenoxy) is 1. The third-order valence-corrected chi connectivity index (χ3v) is 2.19. The van der Waals surface area contributed by atoms with Crippen LogP contribution in [-0.4, -0.2) is 49.7 Å². The minimum atomic E-state index is -0.629. The van der Waals surface area contributed by atoms with Gasteiger partial charge in [-0.2, -0.15) is 0 Å². The zero-order chi connectivity index (χ0) is 9.14. The summed E-state index contributed by atoms with van der Waals surface area (Å²) in [5.74, 6) is -0.475. The van der Waals surface area contributed by atoms with Crippen molar-refractivity contribution in [3.63, 3.8) is 0 Å². The molecule has 4 N–H and O–H groups in total. The van der Waals surface area contributed by atoms with Gasteiger partial charge >= 0.3 is 0 Å². The molecule has 1 saturated heterocycles. The number of amides is 1. The molecule has 12 heavy (non-hydrogen) atoms.